The molecule has 0 aliphatic carbocycles. The first-order valence-electron chi connectivity index (χ1n) is 3.28. The molecule has 0 heterocycles. The van der Waals surface area contributed by atoms with Crippen molar-refractivity contribution >= 4 is 29.2 Å². The summed E-state index contributed by atoms with van der Waals surface area (Å²) < 4.78 is 0.696. The van der Waals surface area contributed by atoms with Gasteiger partial charge in [0.25, 0.3) is 0 Å². The second kappa shape index (κ2) is 2.90. The molecule has 0 fully saturated rings. The molecular formula is C8H8BBrO. The molecule has 1 rings (SSSR count). The summed E-state index contributed by atoms with van der Waals surface area (Å²) in [5.41, 5.74) is 2.37. The van der Waals surface area contributed by atoms with E-state index in [0.717, 1.165) is 11.1 Å². The molecule has 0 unspecified atom stereocenters. The second-order valence-electron chi connectivity index (χ2n) is 2.56. The zero-order valence-electron chi connectivity index (χ0n) is 6.48. The number of phenolic OH excluding ortho intramolecular Hbond substituents is 1. The molecule has 0 spiro atoms. The van der Waals surface area contributed by atoms with E-state index >= 15 is 0 Å². The zero-order chi connectivity index (χ0) is 8.59. The molecule has 0 amide bonds. The number of halogens is 1. The SMILES string of the molecule is [B]c1c(C)cc(Br)c(O)c1C. The first-order valence-corrected chi connectivity index (χ1v) is 4.07. The van der Waals surface area contributed by atoms with Crippen LogP contribution in [0.25, 0.3) is 0 Å². The van der Waals surface area contributed by atoms with Crippen LogP contribution in [-0.4, -0.2) is 13.0 Å². The number of rotatable bonds is 0. The Kier molecular flexibility index (Phi) is 2.28. The Labute approximate surface area is 76.0 Å². The maximum absolute atomic E-state index is 9.38. The topological polar surface area (TPSA) is 20.2 Å². The van der Waals surface area contributed by atoms with E-state index < -0.39 is 0 Å². The Hall–Kier alpha value is -0.435. The summed E-state index contributed by atoms with van der Waals surface area (Å²) >= 11 is 3.23. The molecule has 0 saturated heterocycles. The van der Waals surface area contributed by atoms with Crippen LogP contribution < -0.4 is 5.46 Å². The Morgan fingerprint density at radius 1 is 1.45 bits per heavy atom. The molecule has 1 aromatic carbocycles. The normalized spacial score (nSPS) is 10.1. The number of hydrogen-bond acceptors (Lipinski definition) is 1. The van der Waals surface area contributed by atoms with E-state index in [-0.39, 0.29) is 5.75 Å². The van der Waals surface area contributed by atoms with Gasteiger partial charge in [-0.1, -0.05) is 11.0 Å². The lowest BCUT2D eigenvalue weighted by molar-refractivity contribution is 0.468. The molecule has 1 nitrogen and oxygen atoms in total. The van der Waals surface area contributed by atoms with Crippen LogP contribution >= 0.6 is 15.9 Å². The number of aryl methyl sites for hydroxylation is 1. The summed E-state index contributed by atoms with van der Waals surface area (Å²) in [5.74, 6) is 0.230. The van der Waals surface area contributed by atoms with Crippen LogP contribution in [0.2, 0.25) is 0 Å². The minimum atomic E-state index is 0.230. The number of benzene rings is 1. The average molecular weight is 211 g/mol. The third-order valence-corrected chi connectivity index (χ3v) is 2.36. The number of hydrogen-bond donors (Lipinski definition) is 1. The molecule has 2 radical (unpaired) electrons. The zero-order valence-corrected chi connectivity index (χ0v) is 8.07. The van der Waals surface area contributed by atoms with Crippen molar-refractivity contribution in [2.45, 2.75) is 13.8 Å². The predicted octanol–water partition coefficient (Wildman–Crippen LogP) is 1.57. The molecule has 3 heteroatoms. The molecule has 0 aromatic heterocycles. The van der Waals surface area contributed by atoms with Crippen molar-refractivity contribution in [1.82, 2.24) is 0 Å². The fourth-order valence-corrected chi connectivity index (χ4v) is 1.58. The summed E-state index contributed by atoms with van der Waals surface area (Å²) in [6.07, 6.45) is 0. The van der Waals surface area contributed by atoms with Gasteiger partial charge in [0.15, 0.2) is 0 Å². The number of phenols is 1. The molecule has 0 bridgehead atoms. The van der Waals surface area contributed by atoms with Crippen LogP contribution in [0.15, 0.2) is 10.5 Å². The molecule has 1 N–H and O–H groups in total. The van der Waals surface area contributed by atoms with Crippen LogP contribution in [0.3, 0.4) is 0 Å². The van der Waals surface area contributed by atoms with Gasteiger partial charge >= 0.3 is 0 Å². The van der Waals surface area contributed by atoms with Gasteiger partial charge in [-0.15, -0.1) is 0 Å². The average Bonchev–Trinajstić information content (AvgIpc) is 1.97. The van der Waals surface area contributed by atoms with Gasteiger partial charge in [-0.2, -0.15) is 0 Å². The smallest absolute Gasteiger partial charge is 0.132 e. The van der Waals surface area contributed by atoms with E-state index in [1.165, 1.54) is 0 Å². The Balaban J connectivity index is 3.46. The van der Waals surface area contributed by atoms with Gasteiger partial charge in [-0.05, 0) is 41.4 Å². The van der Waals surface area contributed by atoms with Crippen LogP contribution in [0.5, 0.6) is 5.75 Å². The molecule has 1 aromatic rings. The number of aromatic hydroxyl groups is 1. The third-order valence-electron chi connectivity index (χ3n) is 1.75. The predicted molar refractivity (Wildman–Crippen MR) is 50.7 cm³/mol. The van der Waals surface area contributed by atoms with E-state index in [1.807, 2.05) is 6.92 Å². The fraction of sp³-hybridized carbons (Fsp3) is 0.250. The van der Waals surface area contributed by atoms with E-state index in [2.05, 4.69) is 15.9 Å². The van der Waals surface area contributed by atoms with Crippen molar-refractivity contribution in [3.8, 4) is 5.75 Å². The van der Waals surface area contributed by atoms with Gasteiger partial charge in [0.05, 0.1) is 4.47 Å². The second-order valence-corrected chi connectivity index (χ2v) is 3.42. The molecule has 0 aliphatic heterocycles. The maximum Gasteiger partial charge on any atom is 0.132 e. The Morgan fingerprint density at radius 3 is 2.55 bits per heavy atom. The highest BCUT2D eigenvalue weighted by Gasteiger charge is 2.05. The quantitative estimate of drug-likeness (QED) is 0.645. The van der Waals surface area contributed by atoms with Gasteiger partial charge < -0.3 is 5.11 Å². The standard InChI is InChI=1S/C8H8BBrO/c1-4-3-6(10)8(11)5(2)7(4)9/h3,11H,1-2H3. The monoisotopic (exact) mass is 210 g/mol. The van der Waals surface area contributed by atoms with E-state index in [9.17, 15) is 5.11 Å². The lowest BCUT2D eigenvalue weighted by atomic mass is 9.86. The molecule has 0 atom stereocenters. The van der Waals surface area contributed by atoms with Crippen LogP contribution in [0.1, 0.15) is 11.1 Å². The lowest BCUT2D eigenvalue weighted by Crippen LogP contribution is -2.11. The van der Waals surface area contributed by atoms with E-state index in [4.69, 9.17) is 7.85 Å². The minimum Gasteiger partial charge on any atom is -0.507 e. The molecule has 0 aliphatic rings. The Morgan fingerprint density at radius 2 is 2.00 bits per heavy atom. The maximum atomic E-state index is 9.38. The van der Waals surface area contributed by atoms with Crippen molar-refractivity contribution in [2.24, 2.45) is 0 Å². The van der Waals surface area contributed by atoms with Crippen molar-refractivity contribution in [3.05, 3.63) is 21.7 Å². The van der Waals surface area contributed by atoms with Crippen molar-refractivity contribution < 1.29 is 5.11 Å². The first kappa shape index (κ1) is 8.66. The highest BCUT2D eigenvalue weighted by atomic mass is 79.9. The van der Waals surface area contributed by atoms with Crippen LogP contribution in [-0.2, 0) is 0 Å². The van der Waals surface area contributed by atoms with Gasteiger partial charge in [0, 0.05) is 0 Å². The summed E-state index contributed by atoms with van der Waals surface area (Å²) in [6.45, 7) is 3.70. The van der Waals surface area contributed by atoms with Gasteiger partial charge in [0.1, 0.15) is 13.6 Å². The van der Waals surface area contributed by atoms with Gasteiger partial charge in [0.2, 0.25) is 0 Å². The van der Waals surface area contributed by atoms with Crippen LogP contribution in [0, 0.1) is 13.8 Å². The lowest BCUT2D eigenvalue weighted by Gasteiger charge is -2.08. The van der Waals surface area contributed by atoms with Crippen molar-refractivity contribution in [2.75, 3.05) is 0 Å². The third kappa shape index (κ3) is 1.43. The summed E-state index contributed by atoms with van der Waals surface area (Å²) in [7, 11) is 5.67. The summed E-state index contributed by atoms with van der Waals surface area (Å²) in [5, 5.41) is 9.38. The van der Waals surface area contributed by atoms with Gasteiger partial charge in [-0.25, -0.2) is 0 Å². The van der Waals surface area contributed by atoms with Crippen molar-refractivity contribution in [1.29, 1.82) is 0 Å². The van der Waals surface area contributed by atoms with E-state index in [0.29, 0.717) is 9.94 Å². The molecule has 11 heavy (non-hydrogen) atoms. The fourth-order valence-electron chi connectivity index (χ4n) is 0.939. The molecular weight excluding hydrogens is 203 g/mol. The Bertz CT molecular complexity index is 270. The summed E-state index contributed by atoms with van der Waals surface area (Å²) in [6, 6.07) is 1.80. The van der Waals surface area contributed by atoms with E-state index in [1.54, 1.807) is 13.0 Å². The van der Waals surface area contributed by atoms with Crippen molar-refractivity contribution in [3.63, 3.8) is 0 Å². The first-order chi connectivity index (χ1) is 5.04. The largest absolute Gasteiger partial charge is 0.507 e. The summed E-state index contributed by atoms with van der Waals surface area (Å²) in [4.78, 5) is 0. The minimum absolute atomic E-state index is 0.230. The highest BCUT2D eigenvalue weighted by molar-refractivity contribution is 9.10. The van der Waals surface area contributed by atoms with Gasteiger partial charge in [-0.3, -0.25) is 0 Å². The van der Waals surface area contributed by atoms with Crippen LogP contribution in [0.4, 0.5) is 0 Å². The molecule has 0 saturated carbocycles. The highest BCUT2D eigenvalue weighted by Crippen LogP contribution is 2.26. The molecule has 56 valence electrons.